The van der Waals surface area contributed by atoms with Gasteiger partial charge in [0.1, 0.15) is 12.1 Å². The average Bonchev–Trinajstić information content (AvgIpc) is 2.90. The zero-order chi connectivity index (χ0) is 23.9. The third-order valence-electron chi connectivity index (χ3n) is 5.95. The smallest absolute Gasteiger partial charge is 0.102 e. The van der Waals surface area contributed by atoms with Crippen molar-refractivity contribution in [2.24, 2.45) is 0 Å². The Morgan fingerprint density at radius 1 is 0.647 bits per heavy atom. The molecule has 0 heterocycles. The van der Waals surface area contributed by atoms with Gasteiger partial charge >= 0.3 is 0 Å². The first-order valence-corrected chi connectivity index (χ1v) is 11.4. The lowest BCUT2D eigenvalue weighted by atomic mass is 9.88. The van der Waals surface area contributed by atoms with Crippen LogP contribution in [0, 0.1) is 22.7 Å². The lowest BCUT2D eigenvalue weighted by Crippen LogP contribution is -2.24. The second-order valence-corrected chi connectivity index (χ2v) is 7.90. The van der Waals surface area contributed by atoms with E-state index >= 15 is 0 Å². The molecule has 0 spiro atoms. The van der Waals surface area contributed by atoms with Gasteiger partial charge in [-0.3, -0.25) is 0 Å². The molecule has 0 aliphatic carbocycles. The molecule has 34 heavy (non-hydrogen) atoms. The Morgan fingerprint density at radius 2 is 1.12 bits per heavy atom. The van der Waals surface area contributed by atoms with Gasteiger partial charge in [-0.05, 0) is 55.3 Å². The van der Waals surface area contributed by atoms with E-state index in [4.69, 9.17) is 0 Å². The van der Waals surface area contributed by atoms with E-state index in [1.807, 2.05) is 105 Å². The van der Waals surface area contributed by atoms with Gasteiger partial charge < -0.3 is 10.2 Å². The summed E-state index contributed by atoms with van der Waals surface area (Å²) in [5, 5.41) is 23.8. The first-order valence-electron chi connectivity index (χ1n) is 11.4. The van der Waals surface area contributed by atoms with Crippen molar-refractivity contribution in [3.8, 4) is 34.4 Å². The molecule has 0 saturated carbocycles. The summed E-state index contributed by atoms with van der Waals surface area (Å²) in [6.07, 6.45) is 0. The van der Waals surface area contributed by atoms with Crippen LogP contribution in [0.25, 0.3) is 22.3 Å². The highest BCUT2D eigenvalue weighted by Crippen LogP contribution is 2.40. The van der Waals surface area contributed by atoms with Gasteiger partial charge in [-0.1, -0.05) is 60.7 Å². The van der Waals surface area contributed by atoms with Gasteiger partial charge in [-0.15, -0.1) is 0 Å². The second kappa shape index (κ2) is 10.4. The number of nitriles is 2. The van der Waals surface area contributed by atoms with E-state index in [9.17, 15) is 10.5 Å². The van der Waals surface area contributed by atoms with Crippen LogP contribution in [-0.2, 0) is 0 Å². The van der Waals surface area contributed by atoms with Gasteiger partial charge in [-0.2, -0.15) is 10.5 Å². The van der Waals surface area contributed by atoms with Crippen molar-refractivity contribution in [1.82, 2.24) is 0 Å². The fraction of sp³-hybridized carbons (Fsp3) is 0.133. The van der Waals surface area contributed by atoms with Crippen LogP contribution in [0.3, 0.4) is 0 Å². The minimum absolute atomic E-state index is 0.531. The molecule has 4 rings (SSSR count). The first-order chi connectivity index (χ1) is 16.7. The summed E-state index contributed by atoms with van der Waals surface area (Å²) < 4.78 is 0. The van der Waals surface area contributed by atoms with E-state index in [-0.39, 0.29) is 0 Å². The molecule has 1 N–H and O–H groups in total. The third-order valence-corrected chi connectivity index (χ3v) is 5.95. The Hall–Kier alpha value is -4.54. The Labute approximate surface area is 201 Å². The fourth-order valence-corrected chi connectivity index (χ4v) is 4.25. The molecule has 0 amide bonds. The van der Waals surface area contributed by atoms with Crippen LogP contribution >= 0.6 is 0 Å². The number of nitrogens with zero attached hydrogens (tertiary/aromatic N) is 3. The molecule has 4 nitrogen and oxygen atoms in total. The van der Waals surface area contributed by atoms with Gasteiger partial charge in [0.05, 0.1) is 16.8 Å². The van der Waals surface area contributed by atoms with Gasteiger partial charge in [0.25, 0.3) is 0 Å². The van der Waals surface area contributed by atoms with Gasteiger partial charge in [0, 0.05) is 35.6 Å². The minimum Gasteiger partial charge on any atom is -0.370 e. The zero-order valence-corrected chi connectivity index (χ0v) is 19.4. The summed E-state index contributed by atoms with van der Waals surface area (Å²) in [6, 6.07) is 34.8. The van der Waals surface area contributed by atoms with Crippen LogP contribution in [0.5, 0.6) is 0 Å². The van der Waals surface area contributed by atoms with E-state index in [0.29, 0.717) is 29.9 Å². The molecule has 0 fully saturated rings. The normalized spacial score (nSPS) is 10.2. The molecule has 4 heteroatoms. The number of hydrogen-bond donors (Lipinski definition) is 1. The maximum atomic E-state index is 10.2. The topological polar surface area (TPSA) is 62.9 Å². The predicted molar refractivity (Wildman–Crippen MR) is 140 cm³/mol. The highest BCUT2D eigenvalue weighted by atomic mass is 15.1. The predicted octanol–water partition coefficient (Wildman–Crippen LogP) is 7.35. The molecular formula is C30H26N4. The van der Waals surface area contributed by atoms with E-state index < -0.39 is 0 Å². The largest absolute Gasteiger partial charge is 0.370 e. The summed E-state index contributed by atoms with van der Waals surface area (Å²) in [4.78, 5) is 2.10. The van der Waals surface area contributed by atoms with Gasteiger partial charge in [0.15, 0.2) is 0 Å². The molecule has 0 radical (unpaired) electrons. The quantitative estimate of drug-likeness (QED) is 0.325. The molecule has 0 bridgehead atoms. The van der Waals surface area contributed by atoms with Crippen molar-refractivity contribution in [2.45, 2.75) is 13.8 Å². The molecule has 0 unspecified atom stereocenters. The Balaban J connectivity index is 1.89. The number of nitrogens with one attached hydrogen (secondary N) is 1. The van der Waals surface area contributed by atoms with E-state index in [1.165, 1.54) is 0 Å². The SMILES string of the molecule is CCN(CC)c1c(C#N)c(-c2ccccc2)cc(-c2ccc(Nc3ccccc3)cc2)c1C#N. The van der Waals surface area contributed by atoms with Crippen molar-refractivity contribution in [3.63, 3.8) is 0 Å². The summed E-state index contributed by atoms with van der Waals surface area (Å²) in [5.74, 6) is 0. The summed E-state index contributed by atoms with van der Waals surface area (Å²) in [5.41, 5.74) is 7.32. The second-order valence-electron chi connectivity index (χ2n) is 7.90. The molecular weight excluding hydrogens is 416 g/mol. The van der Waals surface area contributed by atoms with Gasteiger partial charge in [-0.25, -0.2) is 0 Å². The van der Waals surface area contributed by atoms with E-state index in [1.54, 1.807) is 0 Å². The fourth-order valence-electron chi connectivity index (χ4n) is 4.25. The van der Waals surface area contributed by atoms with Crippen LogP contribution in [0.4, 0.5) is 17.1 Å². The number of anilines is 3. The maximum Gasteiger partial charge on any atom is 0.102 e. The van der Waals surface area contributed by atoms with Crippen molar-refractivity contribution in [3.05, 3.63) is 102 Å². The summed E-state index contributed by atoms with van der Waals surface area (Å²) in [7, 11) is 0. The lowest BCUT2D eigenvalue weighted by Gasteiger charge is -2.26. The zero-order valence-electron chi connectivity index (χ0n) is 19.4. The van der Waals surface area contributed by atoms with Crippen LogP contribution in [0.1, 0.15) is 25.0 Å². The molecule has 0 aliphatic heterocycles. The van der Waals surface area contributed by atoms with Crippen LogP contribution in [0.2, 0.25) is 0 Å². The monoisotopic (exact) mass is 442 g/mol. The van der Waals surface area contributed by atoms with E-state index in [0.717, 1.165) is 33.6 Å². The van der Waals surface area contributed by atoms with Crippen molar-refractivity contribution in [2.75, 3.05) is 23.3 Å². The third kappa shape index (κ3) is 4.49. The first kappa shape index (κ1) is 22.6. The molecule has 0 aromatic heterocycles. The summed E-state index contributed by atoms with van der Waals surface area (Å²) in [6.45, 7) is 5.50. The number of benzene rings is 4. The maximum absolute atomic E-state index is 10.2. The van der Waals surface area contributed by atoms with E-state index in [2.05, 4.69) is 22.4 Å². The molecule has 0 saturated heterocycles. The number of hydrogen-bond acceptors (Lipinski definition) is 4. The Bertz CT molecular complexity index is 1340. The van der Waals surface area contributed by atoms with Crippen LogP contribution in [0.15, 0.2) is 91.0 Å². The Morgan fingerprint density at radius 3 is 1.62 bits per heavy atom. The van der Waals surface area contributed by atoms with Crippen molar-refractivity contribution >= 4 is 17.1 Å². The summed E-state index contributed by atoms with van der Waals surface area (Å²) >= 11 is 0. The molecule has 4 aromatic rings. The molecule has 166 valence electrons. The highest BCUT2D eigenvalue weighted by molar-refractivity contribution is 5.90. The van der Waals surface area contributed by atoms with Crippen LogP contribution < -0.4 is 10.2 Å². The lowest BCUT2D eigenvalue weighted by molar-refractivity contribution is 0.863. The number of rotatable bonds is 7. The average molecular weight is 443 g/mol. The minimum atomic E-state index is 0.531. The van der Waals surface area contributed by atoms with Crippen molar-refractivity contribution < 1.29 is 0 Å². The van der Waals surface area contributed by atoms with Crippen molar-refractivity contribution in [1.29, 1.82) is 10.5 Å². The standard InChI is InChI=1S/C30H26N4/c1-3-34(4-2)30-28(20-31)26(22-11-7-5-8-12-22)19-27(29(30)21-32)23-15-17-25(18-16-23)33-24-13-9-6-10-14-24/h5-19,33H,3-4H2,1-2H3. The highest BCUT2D eigenvalue weighted by Gasteiger charge is 2.23. The number of para-hydroxylation sites is 1. The van der Waals surface area contributed by atoms with Gasteiger partial charge in [0.2, 0.25) is 0 Å². The van der Waals surface area contributed by atoms with Crippen LogP contribution in [-0.4, -0.2) is 13.1 Å². The molecule has 0 atom stereocenters. The molecule has 0 aliphatic rings. The molecule has 4 aromatic carbocycles. The Kier molecular flexibility index (Phi) is 6.92.